The molecule has 11 heteroatoms. The number of rotatable bonds is 7. The first kappa shape index (κ1) is 25.0. The van der Waals surface area contributed by atoms with E-state index in [4.69, 9.17) is 27.9 Å². The van der Waals surface area contributed by atoms with Crippen LogP contribution < -0.4 is 4.90 Å². The van der Waals surface area contributed by atoms with E-state index in [0.717, 1.165) is 27.6 Å². The van der Waals surface area contributed by atoms with Gasteiger partial charge in [-0.2, -0.15) is 0 Å². The van der Waals surface area contributed by atoms with E-state index >= 15 is 0 Å². The van der Waals surface area contributed by atoms with Crippen molar-refractivity contribution in [3.05, 3.63) is 88.2 Å². The number of ether oxygens (including phenoxy) is 1. The van der Waals surface area contributed by atoms with E-state index in [1.54, 1.807) is 18.3 Å². The van der Waals surface area contributed by atoms with Crippen LogP contribution in [0.15, 0.2) is 72.0 Å². The molecular formula is C26H17Cl2N3O5S. The minimum Gasteiger partial charge on any atom is -0.454 e. The molecule has 186 valence electrons. The number of hydrogen-bond donors (Lipinski definition) is 1. The Morgan fingerprint density at radius 1 is 1.08 bits per heavy atom. The Morgan fingerprint density at radius 2 is 1.92 bits per heavy atom. The number of esters is 1. The van der Waals surface area contributed by atoms with Gasteiger partial charge < -0.3 is 9.72 Å². The second-order valence-electron chi connectivity index (χ2n) is 8.11. The zero-order chi connectivity index (χ0) is 26.1. The summed E-state index contributed by atoms with van der Waals surface area (Å²) in [4.78, 5) is 59.6. The second kappa shape index (κ2) is 10.4. The summed E-state index contributed by atoms with van der Waals surface area (Å²) in [6.45, 7) is -0.547. The van der Waals surface area contributed by atoms with Crippen LogP contribution in [0.5, 0.6) is 0 Å². The normalized spacial score (nSPS) is 15.4. The molecule has 1 fully saturated rings. The Labute approximate surface area is 224 Å². The second-order valence-corrected chi connectivity index (χ2v) is 10.1. The Hall–Kier alpha value is -3.66. The smallest absolute Gasteiger partial charge is 0.341 e. The Bertz CT molecular complexity index is 1570. The van der Waals surface area contributed by atoms with E-state index in [9.17, 15) is 19.2 Å². The number of imide groups is 1. The molecule has 1 aliphatic rings. The van der Waals surface area contributed by atoms with Crippen LogP contribution in [0, 0.1) is 0 Å². The van der Waals surface area contributed by atoms with Crippen LogP contribution >= 0.6 is 35.0 Å². The zero-order valence-corrected chi connectivity index (χ0v) is 21.3. The standard InChI is InChI=1S/C26H17Cl2N3O5S/c27-15-4-6-17(19(28)10-15)21(32)13-36-26(35)18-2-1-8-30-24(18)37-22-12-23(33)31(25(22)34)16-5-3-14-7-9-29-20(14)11-16/h1-11,22,29H,12-13H2. The largest absolute Gasteiger partial charge is 0.454 e. The first-order valence-corrected chi connectivity index (χ1v) is 12.7. The number of aromatic amines is 1. The fraction of sp³-hybridized carbons (Fsp3) is 0.115. The number of H-pyrrole nitrogens is 1. The van der Waals surface area contributed by atoms with E-state index in [1.165, 1.54) is 36.5 Å². The monoisotopic (exact) mass is 553 g/mol. The highest BCUT2D eigenvalue weighted by Crippen LogP contribution is 2.35. The number of fused-ring (bicyclic) bond motifs is 1. The first-order valence-electron chi connectivity index (χ1n) is 11.0. The Morgan fingerprint density at radius 3 is 2.73 bits per heavy atom. The summed E-state index contributed by atoms with van der Waals surface area (Å²) in [7, 11) is 0. The quantitative estimate of drug-likeness (QED) is 0.187. The molecule has 2 aromatic heterocycles. The van der Waals surface area contributed by atoms with Crippen molar-refractivity contribution in [2.45, 2.75) is 16.7 Å². The fourth-order valence-electron chi connectivity index (χ4n) is 3.92. The number of thioether (sulfide) groups is 1. The molecule has 1 unspecified atom stereocenters. The molecule has 1 atom stereocenters. The Balaban J connectivity index is 1.29. The van der Waals surface area contributed by atoms with Gasteiger partial charge in [0.15, 0.2) is 6.61 Å². The van der Waals surface area contributed by atoms with Crippen molar-refractivity contribution >= 4 is 75.1 Å². The van der Waals surface area contributed by atoms with E-state index in [0.29, 0.717) is 10.7 Å². The summed E-state index contributed by atoms with van der Waals surface area (Å²) >= 11 is 12.9. The molecule has 0 radical (unpaired) electrons. The first-order chi connectivity index (χ1) is 17.8. The molecule has 1 N–H and O–H groups in total. The van der Waals surface area contributed by atoms with Crippen molar-refractivity contribution in [3.63, 3.8) is 0 Å². The lowest BCUT2D eigenvalue weighted by atomic mass is 10.1. The lowest BCUT2D eigenvalue weighted by Crippen LogP contribution is -2.31. The number of amides is 2. The van der Waals surface area contributed by atoms with Crippen LogP contribution in [0.2, 0.25) is 10.0 Å². The predicted molar refractivity (Wildman–Crippen MR) is 140 cm³/mol. The average Bonchev–Trinajstić information content (AvgIpc) is 3.45. The number of hydrogen-bond acceptors (Lipinski definition) is 7. The number of carbonyl (C=O) groups is 4. The molecule has 3 heterocycles. The van der Waals surface area contributed by atoms with Gasteiger partial charge in [-0.3, -0.25) is 14.4 Å². The van der Waals surface area contributed by atoms with Gasteiger partial charge in [-0.25, -0.2) is 14.7 Å². The van der Waals surface area contributed by atoms with Gasteiger partial charge in [0.1, 0.15) is 5.03 Å². The fourth-order valence-corrected chi connectivity index (χ4v) is 5.53. The molecule has 5 rings (SSSR count). The van der Waals surface area contributed by atoms with Crippen LogP contribution in [0.1, 0.15) is 27.1 Å². The maximum Gasteiger partial charge on any atom is 0.341 e. The van der Waals surface area contributed by atoms with Crippen molar-refractivity contribution < 1.29 is 23.9 Å². The number of nitrogens with one attached hydrogen (secondary N) is 1. The number of nitrogens with zero attached hydrogens (tertiary/aromatic N) is 2. The lowest BCUT2D eigenvalue weighted by Gasteiger charge is -2.15. The van der Waals surface area contributed by atoms with Crippen LogP contribution in [-0.2, 0) is 14.3 Å². The van der Waals surface area contributed by atoms with Crippen LogP contribution in [0.3, 0.4) is 0 Å². The van der Waals surface area contributed by atoms with Gasteiger partial charge in [0.05, 0.1) is 21.5 Å². The topological polar surface area (TPSA) is 109 Å². The van der Waals surface area contributed by atoms with E-state index in [1.807, 2.05) is 12.1 Å². The zero-order valence-electron chi connectivity index (χ0n) is 18.9. The van der Waals surface area contributed by atoms with Crippen molar-refractivity contribution in [2.75, 3.05) is 11.5 Å². The maximum absolute atomic E-state index is 13.2. The summed E-state index contributed by atoms with van der Waals surface area (Å²) in [6, 6.07) is 14.6. The van der Waals surface area contributed by atoms with Crippen molar-refractivity contribution in [3.8, 4) is 0 Å². The van der Waals surface area contributed by atoms with E-state index in [2.05, 4.69) is 9.97 Å². The van der Waals surface area contributed by atoms with Crippen LogP contribution in [-0.4, -0.2) is 45.4 Å². The van der Waals surface area contributed by atoms with Crippen LogP contribution in [0.25, 0.3) is 10.9 Å². The number of anilines is 1. The van der Waals surface area contributed by atoms with Gasteiger partial charge in [-0.1, -0.05) is 41.0 Å². The van der Waals surface area contributed by atoms with Gasteiger partial charge in [-0.15, -0.1) is 0 Å². The van der Waals surface area contributed by atoms with E-state index in [-0.39, 0.29) is 33.5 Å². The average molecular weight is 554 g/mol. The van der Waals surface area contributed by atoms with Crippen molar-refractivity contribution in [2.24, 2.45) is 0 Å². The van der Waals surface area contributed by atoms with Crippen LogP contribution in [0.4, 0.5) is 5.69 Å². The molecule has 37 heavy (non-hydrogen) atoms. The molecule has 1 aliphatic heterocycles. The number of aromatic nitrogens is 2. The molecule has 0 aliphatic carbocycles. The third-order valence-electron chi connectivity index (χ3n) is 5.71. The molecule has 0 spiro atoms. The number of benzene rings is 2. The minimum atomic E-state index is -0.792. The number of carbonyl (C=O) groups excluding carboxylic acids is 4. The summed E-state index contributed by atoms with van der Waals surface area (Å²) in [5, 5.41) is 0.928. The number of pyridine rings is 1. The highest BCUT2D eigenvalue weighted by atomic mass is 35.5. The number of ketones is 1. The van der Waals surface area contributed by atoms with Gasteiger partial charge >= 0.3 is 5.97 Å². The highest BCUT2D eigenvalue weighted by molar-refractivity contribution is 8.00. The predicted octanol–water partition coefficient (Wildman–Crippen LogP) is 5.33. The third kappa shape index (κ3) is 5.11. The van der Waals surface area contributed by atoms with Gasteiger partial charge in [-0.05, 0) is 53.9 Å². The van der Waals surface area contributed by atoms with Crippen molar-refractivity contribution in [1.82, 2.24) is 9.97 Å². The minimum absolute atomic E-state index is 0.0507. The molecule has 2 aromatic carbocycles. The molecule has 1 saturated heterocycles. The summed E-state index contributed by atoms with van der Waals surface area (Å²) in [5.74, 6) is -2.04. The molecule has 8 nitrogen and oxygen atoms in total. The SMILES string of the molecule is O=C(COC(=O)c1cccnc1SC1CC(=O)N(c2ccc3cc[nH]c3c2)C1=O)c1ccc(Cl)cc1Cl. The number of halogens is 2. The summed E-state index contributed by atoms with van der Waals surface area (Å²) in [6.07, 6.45) is 3.20. The third-order valence-corrected chi connectivity index (χ3v) is 7.46. The van der Waals surface area contributed by atoms with Gasteiger partial charge in [0, 0.05) is 34.9 Å². The molecule has 4 aromatic rings. The van der Waals surface area contributed by atoms with E-state index < -0.39 is 29.5 Å². The van der Waals surface area contributed by atoms with Gasteiger partial charge in [0.2, 0.25) is 17.6 Å². The summed E-state index contributed by atoms with van der Waals surface area (Å²) < 4.78 is 5.21. The maximum atomic E-state index is 13.2. The summed E-state index contributed by atoms with van der Waals surface area (Å²) in [5.41, 5.74) is 1.52. The number of Topliss-reactive ketones (excluding diaryl/α,β-unsaturated/α-hetero) is 1. The van der Waals surface area contributed by atoms with Crippen molar-refractivity contribution in [1.29, 1.82) is 0 Å². The lowest BCUT2D eigenvalue weighted by molar-refractivity contribution is -0.121. The molecule has 0 bridgehead atoms. The van der Waals surface area contributed by atoms with Gasteiger partial charge in [0.25, 0.3) is 0 Å². The molecule has 0 saturated carbocycles. The highest BCUT2D eigenvalue weighted by Gasteiger charge is 2.41. The molecular weight excluding hydrogens is 537 g/mol. The molecule has 2 amide bonds. The Kier molecular flexibility index (Phi) is 7.01.